The molecule has 2 atom stereocenters. The van der Waals surface area contributed by atoms with E-state index in [0.717, 1.165) is 12.8 Å². The van der Waals surface area contributed by atoms with Gasteiger partial charge in [0.15, 0.2) is 5.82 Å². The average molecular weight is 295 g/mol. The molecule has 0 amide bonds. The fraction of sp³-hybridized carbons (Fsp3) is 0.800. The van der Waals surface area contributed by atoms with Gasteiger partial charge in [0, 0.05) is 6.42 Å². The van der Waals surface area contributed by atoms with E-state index < -0.39 is 5.54 Å². The summed E-state index contributed by atoms with van der Waals surface area (Å²) in [5.41, 5.74) is 6.17. The molecule has 1 heterocycles. The SMILES string of the molecule is CCOC(=O)CCc1nc(C2(N)CC(C)(C)CC2C)no1. The van der Waals surface area contributed by atoms with Gasteiger partial charge in [-0.15, -0.1) is 0 Å². The monoisotopic (exact) mass is 295 g/mol. The zero-order valence-electron chi connectivity index (χ0n) is 13.3. The third kappa shape index (κ3) is 3.43. The summed E-state index contributed by atoms with van der Waals surface area (Å²) >= 11 is 0. The molecule has 1 fully saturated rings. The van der Waals surface area contributed by atoms with Crippen LogP contribution in [0.4, 0.5) is 0 Å². The van der Waals surface area contributed by atoms with Crippen LogP contribution in [0.1, 0.15) is 58.7 Å². The normalized spacial score (nSPS) is 27.8. The van der Waals surface area contributed by atoms with Crippen LogP contribution in [0.25, 0.3) is 0 Å². The minimum Gasteiger partial charge on any atom is -0.466 e. The summed E-state index contributed by atoms with van der Waals surface area (Å²) in [6.07, 6.45) is 2.50. The number of hydrogen-bond acceptors (Lipinski definition) is 6. The molecule has 1 aromatic rings. The summed E-state index contributed by atoms with van der Waals surface area (Å²) in [5.74, 6) is 1.04. The van der Waals surface area contributed by atoms with Gasteiger partial charge in [0.05, 0.1) is 18.6 Å². The highest BCUT2D eigenvalue weighted by atomic mass is 16.5. The van der Waals surface area contributed by atoms with Gasteiger partial charge < -0.3 is 15.0 Å². The summed E-state index contributed by atoms with van der Waals surface area (Å²) in [4.78, 5) is 15.7. The van der Waals surface area contributed by atoms with Crippen LogP contribution in [-0.4, -0.2) is 22.7 Å². The smallest absolute Gasteiger partial charge is 0.306 e. The lowest BCUT2D eigenvalue weighted by Gasteiger charge is -2.25. The number of ether oxygens (including phenoxy) is 1. The van der Waals surface area contributed by atoms with Gasteiger partial charge in [-0.1, -0.05) is 25.9 Å². The maximum Gasteiger partial charge on any atom is 0.306 e. The van der Waals surface area contributed by atoms with Crippen LogP contribution >= 0.6 is 0 Å². The molecule has 0 spiro atoms. The van der Waals surface area contributed by atoms with Crippen molar-refractivity contribution < 1.29 is 14.1 Å². The number of esters is 1. The highest BCUT2D eigenvalue weighted by Gasteiger charge is 2.49. The summed E-state index contributed by atoms with van der Waals surface area (Å²) < 4.78 is 10.1. The van der Waals surface area contributed by atoms with Crippen LogP contribution < -0.4 is 5.73 Å². The number of nitrogens with zero attached hydrogens (tertiary/aromatic N) is 2. The zero-order valence-corrected chi connectivity index (χ0v) is 13.3. The first-order valence-corrected chi connectivity index (χ1v) is 7.54. The number of aryl methyl sites for hydroxylation is 1. The predicted octanol–water partition coefficient (Wildman–Crippen LogP) is 2.18. The molecule has 0 aliphatic heterocycles. The molecule has 0 bridgehead atoms. The molecule has 6 heteroatoms. The summed E-state index contributed by atoms with van der Waals surface area (Å²) in [5, 5.41) is 4.05. The number of carbonyl (C=O) groups is 1. The van der Waals surface area contributed by atoms with Crippen LogP contribution in [-0.2, 0) is 21.5 Å². The first-order chi connectivity index (χ1) is 9.77. The lowest BCUT2D eigenvalue weighted by molar-refractivity contribution is -0.143. The van der Waals surface area contributed by atoms with E-state index in [9.17, 15) is 4.79 Å². The van der Waals surface area contributed by atoms with Crippen LogP contribution in [0.15, 0.2) is 4.52 Å². The number of hydrogen-bond donors (Lipinski definition) is 1. The summed E-state index contributed by atoms with van der Waals surface area (Å²) in [6, 6.07) is 0. The maximum atomic E-state index is 11.3. The summed E-state index contributed by atoms with van der Waals surface area (Å²) in [7, 11) is 0. The van der Waals surface area contributed by atoms with Gasteiger partial charge in [-0.25, -0.2) is 0 Å². The van der Waals surface area contributed by atoms with Crippen LogP contribution in [0.2, 0.25) is 0 Å². The molecule has 0 saturated heterocycles. The fourth-order valence-electron chi connectivity index (χ4n) is 3.34. The Kier molecular flexibility index (Phi) is 4.37. The predicted molar refractivity (Wildman–Crippen MR) is 77.3 cm³/mol. The first kappa shape index (κ1) is 15.9. The Hall–Kier alpha value is -1.43. The van der Waals surface area contributed by atoms with Crippen LogP contribution in [0, 0.1) is 11.3 Å². The molecule has 1 aliphatic rings. The second-order valence-electron chi connectivity index (χ2n) is 6.80. The van der Waals surface area contributed by atoms with Crippen molar-refractivity contribution in [1.82, 2.24) is 10.1 Å². The highest BCUT2D eigenvalue weighted by Crippen LogP contribution is 2.50. The minimum absolute atomic E-state index is 0.180. The lowest BCUT2D eigenvalue weighted by atomic mass is 9.86. The molecule has 0 aromatic carbocycles. The fourth-order valence-corrected chi connectivity index (χ4v) is 3.34. The molecular formula is C15H25N3O3. The third-order valence-corrected chi connectivity index (χ3v) is 4.24. The van der Waals surface area contributed by atoms with Crippen molar-refractivity contribution in [1.29, 1.82) is 0 Å². The number of carbonyl (C=O) groups excluding carboxylic acids is 1. The molecule has 118 valence electrons. The van der Waals surface area contributed by atoms with Crippen molar-refractivity contribution in [3.8, 4) is 0 Å². The van der Waals surface area contributed by atoms with Crippen molar-refractivity contribution in [2.45, 2.75) is 58.9 Å². The second kappa shape index (κ2) is 5.75. The molecular weight excluding hydrogens is 270 g/mol. The van der Waals surface area contributed by atoms with Crippen molar-refractivity contribution in [3.63, 3.8) is 0 Å². The molecule has 1 aliphatic carbocycles. The zero-order chi connectivity index (χ0) is 15.7. The molecule has 2 rings (SSSR count). The van der Waals surface area contributed by atoms with Crippen LogP contribution in [0.3, 0.4) is 0 Å². The average Bonchev–Trinajstić information content (AvgIpc) is 2.91. The molecule has 21 heavy (non-hydrogen) atoms. The summed E-state index contributed by atoms with van der Waals surface area (Å²) in [6.45, 7) is 8.71. The molecule has 0 radical (unpaired) electrons. The Morgan fingerprint density at radius 3 is 2.81 bits per heavy atom. The highest BCUT2D eigenvalue weighted by molar-refractivity contribution is 5.69. The van der Waals surface area contributed by atoms with E-state index in [1.165, 1.54) is 0 Å². The van der Waals surface area contributed by atoms with E-state index in [0.29, 0.717) is 30.7 Å². The van der Waals surface area contributed by atoms with Gasteiger partial charge in [-0.05, 0) is 31.1 Å². The Bertz CT molecular complexity index is 512. The van der Waals surface area contributed by atoms with E-state index >= 15 is 0 Å². The van der Waals surface area contributed by atoms with E-state index in [4.69, 9.17) is 15.0 Å². The molecule has 2 N–H and O–H groups in total. The van der Waals surface area contributed by atoms with Crippen molar-refractivity contribution in [2.75, 3.05) is 6.61 Å². The van der Waals surface area contributed by atoms with Crippen molar-refractivity contribution in [2.24, 2.45) is 17.1 Å². The van der Waals surface area contributed by atoms with E-state index in [2.05, 4.69) is 30.9 Å². The second-order valence-corrected chi connectivity index (χ2v) is 6.80. The largest absolute Gasteiger partial charge is 0.466 e. The molecule has 2 unspecified atom stereocenters. The quantitative estimate of drug-likeness (QED) is 0.837. The van der Waals surface area contributed by atoms with Gasteiger partial charge in [0.25, 0.3) is 0 Å². The number of rotatable bonds is 5. The van der Waals surface area contributed by atoms with Gasteiger partial charge >= 0.3 is 5.97 Å². The van der Waals surface area contributed by atoms with Crippen LogP contribution in [0.5, 0.6) is 0 Å². The van der Waals surface area contributed by atoms with Crippen molar-refractivity contribution >= 4 is 5.97 Å². The Morgan fingerprint density at radius 1 is 1.52 bits per heavy atom. The van der Waals surface area contributed by atoms with Crippen molar-refractivity contribution in [3.05, 3.63) is 11.7 Å². The van der Waals surface area contributed by atoms with Gasteiger partial charge in [0.1, 0.15) is 0 Å². The molecule has 1 saturated carbocycles. The Morgan fingerprint density at radius 2 is 2.24 bits per heavy atom. The molecule has 1 aromatic heterocycles. The Balaban J connectivity index is 2.04. The van der Waals surface area contributed by atoms with E-state index in [1.54, 1.807) is 6.92 Å². The minimum atomic E-state index is -0.546. The number of aromatic nitrogens is 2. The third-order valence-electron chi connectivity index (χ3n) is 4.24. The molecule has 6 nitrogen and oxygen atoms in total. The van der Waals surface area contributed by atoms with E-state index in [1.807, 2.05) is 0 Å². The maximum absolute atomic E-state index is 11.3. The van der Waals surface area contributed by atoms with Gasteiger partial charge in [-0.2, -0.15) is 4.98 Å². The van der Waals surface area contributed by atoms with Gasteiger partial charge in [0.2, 0.25) is 5.89 Å². The van der Waals surface area contributed by atoms with Gasteiger partial charge in [-0.3, -0.25) is 4.79 Å². The Labute approximate surface area is 125 Å². The van der Waals surface area contributed by atoms with E-state index in [-0.39, 0.29) is 17.8 Å². The first-order valence-electron chi connectivity index (χ1n) is 7.54. The number of nitrogens with two attached hydrogens (primary N) is 1. The topological polar surface area (TPSA) is 91.2 Å². The standard InChI is InChI=1S/C15H25N3O3/c1-5-20-12(19)7-6-11-17-13(18-21-11)15(16)9-14(3,4)8-10(15)2/h10H,5-9,16H2,1-4H3. The lowest BCUT2D eigenvalue weighted by Crippen LogP contribution is -2.40.